The number of thioether (sulfide) groups is 1. The highest BCUT2D eigenvalue weighted by Crippen LogP contribution is 2.61. The third kappa shape index (κ3) is 4.09. The molecule has 1 aromatic heterocycles. The second-order valence-corrected chi connectivity index (χ2v) is 12.6. The van der Waals surface area contributed by atoms with E-state index in [1.165, 1.54) is 6.42 Å². The molecule has 172 valence electrons. The van der Waals surface area contributed by atoms with E-state index in [1.54, 1.807) is 23.1 Å². The summed E-state index contributed by atoms with van der Waals surface area (Å²) in [4.78, 5) is 18.1. The van der Waals surface area contributed by atoms with Gasteiger partial charge in [-0.15, -0.1) is 11.3 Å². The summed E-state index contributed by atoms with van der Waals surface area (Å²) in [7, 11) is 0. The molecule has 1 aromatic carbocycles. The molecule has 2 atom stereocenters. The van der Waals surface area contributed by atoms with Crippen LogP contribution in [-0.2, 0) is 14.3 Å². The van der Waals surface area contributed by atoms with Gasteiger partial charge < -0.3 is 19.9 Å². The van der Waals surface area contributed by atoms with E-state index in [9.17, 15) is 9.90 Å². The van der Waals surface area contributed by atoms with Gasteiger partial charge in [-0.1, -0.05) is 11.8 Å². The Morgan fingerprint density at radius 2 is 2.00 bits per heavy atom. The fourth-order valence-electron chi connectivity index (χ4n) is 6.73. The van der Waals surface area contributed by atoms with Crippen molar-refractivity contribution >= 4 is 44.9 Å². The van der Waals surface area contributed by atoms with Crippen molar-refractivity contribution in [1.29, 1.82) is 0 Å². The summed E-state index contributed by atoms with van der Waals surface area (Å²) in [6, 6.07) is 5.98. The minimum Gasteiger partial charge on any atom is -0.390 e. The van der Waals surface area contributed by atoms with Crippen molar-refractivity contribution in [2.24, 2.45) is 17.3 Å². The Hall–Kier alpha value is -1.19. The monoisotopic (exact) mass is 474 g/mol. The van der Waals surface area contributed by atoms with E-state index in [0.717, 1.165) is 77.7 Å². The summed E-state index contributed by atoms with van der Waals surface area (Å²) >= 11 is 3.39. The lowest BCUT2D eigenvalue weighted by Crippen LogP contribution is -2.59. The molecule has 0 spiro atoms. The predicted molar refractivity (Wildman–Crippen MR) is 126 cm³/mol. The van der Waals surface area contributed by atoms with Crippen LogP contribution in [0.25, 0.3) is 10.2 Å². The molecule has 5 fully saturated rings. The zero-order valence-electron chi connectivity index (χ0n) is 18.2. The third-order valence-electron chi connectivity index (χ3n) is 7.61. The molecular weight excluding hydrogens is 444 g/mol. The maximum absolute atomic E-state index is 13.4. The first kappa shape index (κ1) is 21.4. The molecule has 4 aliphatic carbocycles. The maximum atomic E-state index is 13.4. The normalized spacial score (nSPS) is 34.3. The smallest absolute Gasteiger partial charge is 0.230 e. The molecule has 5 aliphatic rings. The number of thiazole rings is 1. The van der Waals surface area contributed by atoms with Crippen LogP contribution in [0.2, 0.25) is 0 Å². The molecule has 2 unspecified atom stereocenters. The molecule has 4 saturated carbocycles. The van der Waals surface area contributed by atoms with Gasteiger partial charge in [0.1, 0.15) is 0 Å². The number of rotatable bonds is 6. The third-order valence-corrected chi connectivity index (χ3v) is 9.81. The number of hydrogen-bond acceptors (Lipinski definition) is 7. The van der Waals surface area contributed by atoms with E-state index in [4.69, 9.17) is 14.5 Å². The Labute approximate surface area is 196 Å². The summed E-state index contributed by atoms with van der Waals surface area (Å²) in [5.41, 5.74) is 0.772. The standard InChI is InChI=1S/C24H30N2O4S2/c27-21(23-10-15-8-16(11-23)13-24(28,12-15)14-23)25-17-2-3-18-19(9-17)32-22(26-18)31-7-4-20-29-5-1-6-30-20/h2-3,9,15-16,20,28H,1,4-8,10-14H2,(H,25,27). The van der Waals surface area contributed by atoms with Gasteiger partial charge in [-0.2, -0.15) is 0 Å². The number of amides is 1. The quantitative estimate of drug-likeness (QED) is 0.585. The maximum Gasteiger partial charge on any atom is 0.230 e. The molecule has 2 aromatic rings. The van der Waals surface area contributed by atoms with Crippen molar-refractivity contribution in [1.82, 2.24) is 4.98 Å². The molecule has 6 nitrogen and oxygen atoms in total. The number of carbonyl (C=O) groups is 1. The number of anilines is 1. The van der Waals surface area contributed by atoms with E-state index in [2.05, 4.69) is 5.32 Å². The van der Waals surface area contributed by atoms with Gasteiger partial charge >= 0.3 is 0 Å². The number of hydrogen-bond donors (Lipinski definition) is 2. The van der Waals surface area contributed by atoms with Gasteiger partial charge in [0.15, 0.2) is 10.6 Å². The van der Waals surface area contributed by atoms with Crippen LogP contribution in [0.5, 0.6) is 0 Å². The van der Waals surface area contributed by atoms with Gasteiger partial charge in [0, 0.05) is 17.9 Å². The number of aliphatic hydroxyl groups is 1. The van der Waals surface area contributed by atoms with Crippen LogP contribution >= 0.6 is 23.1 Å². The highest BCUT2D eigenvalue weighted by molar-refractivity contribution is 8.01. The Balaban J connectivity index is 1.11. The van der Waals surface area contributed by atoms with Gasteiger partial charge in [-0.3, -0.25) is 4.79 Å². The second-order valence-electron chi connectivity index (χ2n) is 10.2. The average molecular weight is 475 g/mol. The van der Waals surface area contributed by atoms with Crippen LogP contribution in [0.15, 0.2) is 22.5 Å². The first-order chi connectivity index (χ1) is 15.5. The fourth-order valence-corrected chi connectivity index (χ4v) is 8.87. The number of aromatic nitrogens is 1. The van der Waals surface area contributed by atoms with E-state index < -0.39 is 11.0 Å². The van der Waals surface area contributed by atoms with E-state index in [1.807, 2.05) is 18.2 Å². The highest BCUT2D eigenvalue weighted by Gasteiger charge is 2.60. The Kier molecular flexibility index (Phi) is 5.50. The largest absolute Gasteiger partial charge is 0.390 e. The van der Waals surface area contributed by atoms with Crippen molar-refractivity contribution in [3.8, 4) is 0 Å². The van der Waals surface area contributed by atoms with Crippen LogP contribution < -0.4 is 5.32 Å². The fraction of sp³-hybridized carbons (Fsp3) is 0.667. The lowest BCUT2D eigenvalue weighted by molar-refractivity contribution is -0.178. The van der Waals surface area contributed by atoms with Gasteiger partial charge in [0.25, 0.3) is 0 Å². The Morgan fingerprint density at radius 3 is 2.75 bits per heavy atom. The van der Waals surface area contributed by atoms with Crippen molar-refractivity contribution in [2.45, 2.75) is 67.6 Å². The topological polar surface area (TPSA) is 80.7 Å². The van der Waals surface area contributed by atoms with Crippen molar-refractivity contribution in [3.05, 3.63) is 18.2 Å². The average Bonchev–Trinajstić information content (AvgIpc) is 3.15. The van der Waals surface area contributed by atoms with Gasteiger partial charge in [-0.05, 0) is 75.0 Å². The lowest BCUT2D eigenvalue weighted by Gasteiger charge is -2.59. The molecule has 1 amide bonds. The van der Waals surface area contributed by atoms with E-state index >= 15 is 0 Å². The van der Waals surface area contributed by atoms with Crippen LogP contribution in [0.3, 0.4) is 0 Å². The minimum absolute atomic E-state index is 0.0879. The van der Waals surface area contributed by atoms with Crippen molar-refractivity contribution in [2.75, 3.05) is 24.3 Å². The van der Waals surface area contributed by atoms with Crippen LogP contribution in [0.1, 0.15) is 51.4 Å². The van der Waals surface area contributed by atoms with E-state index in [0.29, 0.717) is 18.3 Å². The van der Waals surface area contributed by atoms with Crippen molar-refractivity contribution < 1.29 is 19.4 Å². The molecule has 7 rings (SSSR count). The van der Waals surface area contributed by atoms with Gasteiger partial charge in [0.05, 0.1) is 34.4 Å². The number of carbonyl (C=O) groups excluding carboxylic acids is 1. The summed E-state index contributed by atoms with van der Waals surface area (Å²) in [5, 5.41) is 14.2. The van der Waals surface area contributed by atoms with Crippen LogP contribution in [-0.4, -0.2) is 46.9 Å². The zero-order valence-corrected chi connectivity index (χ0v) is 19.8. The SMILES string of the molecule is O=C(Nc1ccc2nc(SCCC3OCCCO3)sc2c1)C12CC3CC(CC(O)(C3)C1)C2. The molecule has 1 saturated heterocycles. The molecule has 2 N–H and O–H groups in total. The molecular formula is C24H30N2O4S2. The summed E-state index contributed by atoms with van der Waals surface area (Å²) in [6.45, 7) is 1.57. The molecule has 0 radical (unpaired) electrons. The number of nitrogens with zero attached hydrogens (tertiary/aromatic N) is 1. The summed E-state index contributed by atoms with van der Waals surface area (Å²) in [6.07, 6.45) is 7.17. The lowest BCUT2D eigenvalue weighted by atomic mass is 9.47. The minimum atomic E-state index is -0.622. The first-order valence-corrected chi connectivity index (χ1v) is 13.6. The number of fused-ring (bicyclic) bond motifs is 1. The Bertz CT molecular complexity index is 1000. The first-order valence-electron chi connectivity index (χ1n) is 11.8. The number of benzene rings is 1. The molecule has 8 heteroatoms. The number of nitrogens with one attached hydrogen (secondary N) is 1. The zero-order chi connectivity index (χ0) is 21.8. The highest BCUT2D eigenvalue weighted by atomic mass is 32.2. The van der Waals surface area contributed by atoms with Crippen LogP contribution in [0, 0.1) is 17.3 Å². The van der Waals surface area contributed by atoms with Gasteiger partial charge in [-0.25, -0.2) is 4.98 Å². The molecule has 1 aliphatic heterocycles. The summed E-state index contributed by atoms with van der Waals surface area (Å²) in [5.74, 6) is 2.00. The van der Waals surface area contributed by atoms with Gasteiger partial charge in [0.2, 0.25) is 5.91 Å². The molecule has 2 heterocycles. The Morgan fingerprint density at radius 1 is 1.22 bits per heavy atom. The molecule has 32 heavy (non-hydrogen) atoms. The summed E-state index contributed by atoms with van der Waals surface area (Å²) < 4.78 is 13.3. The second kappa shape index (κ2) is 8.24. The predicted octanol–water partition coefficient (Wildman–Crippen LogP) is 4.81. The molecule has 4 bridgehead atoms. The van der Waals surface area contributed by atoms with E-state index in [-0.39, 0.29) is 12.2 Å². The van der Waals surface area contributed by atoms with Crippen molar-refractivity contribution in [3.63, 3.8) is 0 Å². The van der Waals surface area contributed by atoms with Crippen LogP contribution in [0.4, 0.5) is 5.69 Å². The number of ether oxygens (including phenoxy) is 2.